The first-order valence-electron chi connectivity index (χ1n) is 6.91. The minimum Gasteiger partial charge on any atom is -0.378 e. The zero-order valence-corrected chi connectivity index (χ0v) is 13.7. The quantitative estimate of drug-likeness (QED) is 0.932. The molecule has 0 bridgehead atoms. The van der Waals surface area contributed by atoms with Gasteiger partial charge in [0.2, 0.25) is 0 Å². The normalized spacial score (nSPS) is 13.0. The second kappa shape index (κ2) is 5.90. The molecule has 2 aromatic rings. The van der Waals surface area contributed by atoms with Gasteiger partial charge in [-0.25, -0.2) is 8.42 Å². The molecule has 1 unspecified atom stereocenters. The fourth-order valence-electron chi connectivity index (χ4n) is 2.18. The standard InChI is InChI=1S/C17H21NO2S/c1-12-8-9-15(10-13(12)2)14(3)18-16-6-5-7-17(11-16)21(4,19)20/h5-11,14,18H,1-4H3. The fraction of sp³-hybridized carbons (Fsp3) is 0.294. The zero-order valence-electron chi connectivity index (χ0n) is 12.8. The van der Waals surface area contributed by atoms with Gasteiger partial charge in [-0.1, -0.05) is 24.3 Å². The van der Waals surface area contributed by atoms with Crippen molar-refractivity contribution in [2.24, 2.45) is 0 Å². The number of sulfone groups is 1. The highest BCUT2D eigenvalue weighted by molar-refractivity contribution is 7.90. The van der Waals surface area contributed by atoms with E-state index in [-0.39, 0.29) is 6.04 Å². The van der Waals surface area contributed by atoms with E-state index in [4.69, 9.17) is 0 Å². The summed E-state index contributed by atoms with van der Waals surface area (Å²) in [7, 11) is -3.18. The summed E-state index contributed by atoms with van der Waals surface area (Å²) in [5, 5.41) is 3.35. The molecule has 2 rings (SSSR count). The van der Waals surface area contributed by atoms with Gasteiger partial charge < -0.3 is 5.32 Å². The third-order valence-electron chi connectivity index (χ3n) is 3.68. The Bertz CT molecular complexity index is 751. The number of nitrogens with one attached hydrogen (secondary N) is 1. The third kappa shape index (κ3) is 3.85. The predicted molar refractivity (Wildman–Crippen MR) is 87.5 cm³/mol. The van der Waals surface area contributed by atoms with Crippen LogP contribution in [0.15, 0.2) is 47.4 Å². The van der Waals surface area contributed by atoms with E-state index in [0.717, 1.165) is 5.69 Å². The maximum Gasteiger partial charge on any atom is 0.175 e. The van der Waals surface area contributed by atoms with Crippen LogP contribution in [0.5, 0.6) is 0 Å². The Kier molecular flexibility index (Phi) is 4.37. The van der Waals surface area contributed by atoms with Crippen LogP contribution in [0.3, 0.4) is 0 Å². The molecule has 3 nitrogen and oxygen atoms in total. The molecule has 0 fully saturated rings. The fourth-order valence-corrected chi connectivity index (χ4v) is 2.85. The average molecular weight is 303 g/mol. The van der Waals surface area contributed by atoms with E-state index in [2.05, 4.69) is 44.3 Å². The van der Waals surface area contributed by atoms with E-state index in [1.807, 2.05) is 6.07 Å². The Morgan fingerprint density at radius 1 is 1.00 bits per heavy atom. The molecule has 0 aliphatic heterocycles. The molecule has 0 amide bonds. The lowest BCUT2D eigenvalue weighted by atomic mass is 10.0. The molecule has 1 atom stereocenters. The molecule has 0 saturated carbocycles. The van der Waals surface area contributed by atoms with Crippen LogP contribution in [0.2, 0.25) is 0 Å². The van der Waals surface area contributed by atoms with Gasteiger partial charge in [0.25, 0.3) is 0 Å². The molecule has 0 aromatic heterocycles. The molecule has 0 aliphatic rings. The topological polar surface area (TPSA) is 46.2 Å². The van der Waals surface area contributed by atoms with Crippen LogP contribution in [0.4, 0.5) is 5.69 Å². The highest BCUT2D eigenvalue weighted by atomic mass is 32.2. The number of rotatable bonds is 4. The van der Waals surface area contributed by atoms with Gasteiger partial charge in [-0.05, 0) is 55.7 Å². The summed E-state index contributed by atoms with van der Waals surface area (Å²) in [6.07, 6.45) is 1.22. The lowest BCUT2D eigenvalue weighted by molar-refractivity contribution is 0.602. The smallest absolute Gasteiger partial charge is 0.175 e. The van der Waals surface area contributed by atoms with E-state index in [1.165, 1.54) is 22.9 Å². The molecule has 112 valence electrons. The molecule has 2 aromatic carbocycles. The monoisotopic (exact) mass is 303 g/mol. The maximum atomic E-state index is 11.6. The molecule has 0 spiro atoms. The summed E-state index contributed by atoms with van der Waals surface area (Å²) in [5.74, 6) is 0. The van der Waals surface area contributed by atoms with Crippen LogP contribution < -0.4 is 5.32 Å². The number of hydrogen-bond acceptors (Lipinski definition) is 3. The summed E-state index contributed by atoms with van der Waals surface area (Å²) in [6.45, 7) is 6.25. The summed E-state index contributed by atoms with van der Waals surface area (Å²) < 4.78 is 23.2. The van der Waals surface area contributed by atoms with Gasteiger partial charge in [0.1, 0.15) is 0 Å². The summed E-state index contributed by atoms with van der Waals surface area (Å²) in [5.41, 5.74) is 4.52. The molecule has 1 N–H and O–H groups in total. The number of anilines is 1. The first-order chi connectivity index (χ1) is 9.77. The number of aryl methyl sites for hydroxylation is 2. The van der Waals surface area contributed by atoms with Crippen molar-refractivity contribution in [3.05, 3.63) is 59.2 Å². The van der Waals surface area contributed by atoms with E-state index in [9.17, 15) is 8.42 Å². The first-order valence-corrected chi connectivity index (χ1v) is 8.80. The molecule has 0 saturated heterocycles. The van der Waals surface area contributed by atoms with Crippen molar-refractivity contribution in [3.8, 4) is 0 Å². The molecule has 0 aliphatic carbocycles. The van der Waals surface area contributed by atoms with E-state index in [0.29, 0.717) is 4.90 Å². The summed E-state index contributed by atoms with van der Waals surface area (Å²) >= 11 is 0. The largest absolute Gasteiger partial charge is 0.378 e. The predicted octanol–water partition coefficient (Wildman–Crippen LogP) is 3.88. The molecular formula is C17H21NO2S. The van der Waals surface area contributed by atoms with Gasteiger partial charge in [0.15, 0.2) is 9.84 Å². The van der Waals surface area contributed by atoms with Gasteiger partial charge in [0.05, 0.1) is 4.90 Å². The molecule has 0 radical (unpaired) electrons. The Morgan fingerprint density at radius 2 is 1.71 bits per heavy atom. The minimum absolute atomic E-state index is 0.110. The lowest BCUT2D eigenvalue weighted by Crippen LogP contribution is -2.08. The second-order valence-electron chi connectivity index (χ2n) is 5.51. The zero-order chi connectivity index (χ0) is 15.6. The van der Waals surface area contributed by atoms with Gasteiger partial charge in [-0.2, -0.15) is 0 Å². The van der Waals surface area contributed by atoms with E-state index in [1.54, 1.807) is 18.2 Å². The van der Waals surface area contributed by atoms with Crippen LogP contribution in [-0.4, -0.2) is 14.7 Å². The van der Waals surface area contributed by atoms with Gasteiger partial charge >= 0.3 is 0 Å². The van der Waals surface area contributed by atoms with Gasteiger partial charge in [-0.15, -0.1) is 0 Å². The molecule has 21 heavy (non-hydrogen) atoms. The summed E-state index contributed by atoms with van der Waals surface area (Å²) in [4.78, 5) is 0.333. The van der Waals surface area contributed by atoms with Crippen molar-refractivity contribution < 1.29 is 8.42 Å². The Labute approximate surface area is 126 Å². The van der Waals surface area contributed by atoms with Crippen LogP contribution in [-0.2, 0) is 9.84 Å². The third-order valence-corrected chi connectivity index (χ3v) is 4.79. The highest BCUT2D eigenvalue weighted by Gasteiger charge is 2.10. The van der Waals surface area contributed by atoms with Gasteiger partial charge in [0, 0.05) is 18.0 Å². The van der Waals surface area contributed by atoms with E-state index < -0.39 is 9.84 Å². The minimum atomic E-state index is -3.18. The maximum absolute atomic E-state index is 11.6. The molecule has 4 heteroatoms. The Hall–Kier alpha value is -1.81. The van der Waals surface area contributed by atoms with Gasteiger partial charge in [-0.3, -0.25) is 0 Å². The second-order valence-corrected chi connectivity index (χ2v) is 7.53. The van der Waals surface area contributed by atoms with Crippen molar-refractivity contribution in [2.45, 2.75) is 31.7 Å². The number of hydrogen-bond donors (Lipinski definition) is 1. The first kappa shape index (κ1) is 15.6. The van der Waals surface area contributed by atoms with Crippen molar-refractivity contribution in [1.29, 1.82) is 0 Å². The SMILES string of the molecule is Cc1ccc(C(C)Nc2cccc(S(C)(=O)=O)c2)cc1C. The molecule has 0 heterocycles. The number of benzene rings is 2. The Balaban J connectivity index is 2.23. The van der Waals surface area contributed by atoms with Crippen molar-refractivity contribution in [1.82, 2.24) is 0 Å². The van der Waals surface area contributed by atoms with Crippen LogP contribution >= 0.6 is 0 Å². The van der Waals surface area contributed by atoms with Crippen LogP contribution in [0.25, 0.3) is 0 Å². The van der Waals surface area contributed by atoms with Crippen molar-refractivity contribution in [3.63, 3.8) is 0 Å². The Morgan fingerprint density at radius 3 is 2.33 bits per heavy atom. The van der Waals surface area contributed by atoms with Crippen LogP contribution in [0, 0.1) is 13.8 Å². The van der Waals surface area contributed by atoms with Crippen LogP contribution in [0.1, 0.15) is 29.7 Å². The van der Waals surface area contributed by atoms with Crippen molar-refractivity contribution in [2.75, 3.05) is 11.6 Å². The lowest BCUT2D eigenvalue weighted by Gasteiger charge is -2.17. The highest BCUT2D eigenvalue weighted by Crippen LogP contribution is 2.23. The van der Waals surface area contributed by atoms with E-state index >= 15 is 0 Å². The summed E-state index contributed by atoms with van der Waals surface area (Å²) in [6, 6.07) is 13.4. The molecular weight excluding hydrogens is 282 g/mol. The van der Waals surface area contributed by atoms with Crippen molar-refractivity contribution >= 4 is 15.5 Å². The average Bonchev–Trinajstić information content (AvgIpc) is 2.41.